The van der Waals surface area contributed by atoms with Crippen molar-refractivity contribution in [2.75, 3.05) is 7.11 Å². The van der Waals surface area contributed by atoms with E-state index in [2.05, 4.69) is 4.74 Å². The lowest BCUT2D eigenvalue weighted by atomic mass is 9.12. The summed E-state index contributed by atoms with van der Waals surface area (Å²) in [5.74, 6) is -71.9. The van der Waals surface area contributed by atoms with Crippen molar-refractivity contribution in [1.82, 2.24) is 0 Å². The largest absolute Gasteiger partial charge is 0.465 e. The van der Waals surface area contributed by atoms with Gasteiger partial charge in [0.25, 0.3) is 0 Å². The first-order valence-corrected chi connectivity index (χ1v) is 16.8. The third-order valence-corrected chi connectivity index (χ3v) is 9.42. The Balaban J connectivity index is 0.000000337. The summed E-state index contributed by atoms with van der Waals surface area (Å²) in [6.45, 7) is 0.242. The highest BCUT2D eigenvalue weighted by Gasteiger charge is 2.52. The van der Waals surface area contributed by atoms with Crippen LogP contribution in [0.2, 0.25) is 0 Å². The molecular formula is C39H14BF20NO3. The third-order valence-electron chi connectivity index (χ3n) is 9.42. The van der Waals surface area contributed by atoms with E-state index in [4.69, 9.17) is 0 Å². The summed E-state index contributed by atoms with van der Waals surface area (Å²) in [7, 11) is 1.32. The number of rotatable bonds is 8. The molecule has 0 saturated heterocycles. The summed E-state index contributed by atoms with van der Waals surface area (Å²) in [6, 6.07) is 12.2. The molecule has 0 aliphatic carbocycles. The zero-order valence-corrected chi connectivity index (χ0v) is 30.7. The summed E-state index contributed by atoms with van der Waals surface area (Å²) in [5.41, 5.74) is -13.4. The number of carbonyl (C=O) groups excluding carboxylic acids is 2. The minimum Gasteiger partial charge on any atom is -0.465 e. The number of aromatic nitrogens is 1. The molecule has 6 aromatic rings. The average molecular weight is 935 g/mol. The Kier molecular flexibility index (Phi) is 13.6. The average Bonchev–Trinajstić information content (AvgIpc) is 3.29. The van der Waals surface area contributed by atoms with Crippen LogP contribution < -0.4 is 26.4 Å². The molecule has 0 aliphatic heterocycles. The molecule has 64 heavy (non-hydrogen) atoms. The summed E-state index contributed by atoms with van der Waals surface area (Å²) in [6.07, 6.45) is -3.57. The molecule has 336 valence electrons. The van der Waals surface area contributed by atoms with Crippen molar-refractivity contribution in [2.45, 2.75) is 6.54 Å². The number of ketones is 1. The first-order valence-electron chi connectivity index (χ1n) is 16.8. The standard InChI is InChI=1S/C24BF20.C15H14NO3/c26-5-1(6(27)14(35)21(42)13(5)34)25(2-7(28)15(36)22(43)16(37)8(2)29,3-9(30)17(38)23(44)18(39)10(3)31)4-11(32)19(40)24(45)20(41)12(4)33;1-19-15(18)13-7-5-6-12(10-13)14(17)11-16-8-3-2-4-9-16/h;2-10H,11H2,1H3/q-1;+1. The van der Waals surface area contributed by atoms with Gasteiger partial charge in [0.05, 0.1) is 12.7 Å². The molecule has 6 rings (SSSR count). The second-order valence-corrected chi connectivity index (χ2v) is 12.8. The second-order valence-electron chi connectivity index (χ2n) is 12.8. The molecule has 0 radical (unpaired) electrons. The van der Waals surface area contributed by atoms with Gasteiger partial charge in [-0.1, -0.05) is 18.2 Å². The fourth-order valence-electron chi connectivity index (χ4n) is 6.61. The number of nitrogens with zero attached hydrogens (tertiary/aromatic N) is 1. The highest BCUT2D eigenvalue weighted by atomic mass is 19.2. The zero-order valence-electron chi connectivity index (χ0n) is 30.7. The quantitative estimate of drug-likeness (QED) is 0.0303. The van der Waals surface area contributed by atoms with Gasteiger partial charge in [-0.15, -0.1) is 21.9 Å². The van der Waals surface area contributed by atoms with Gasteiger partial charge in [-0.2, -0.15) is 4.57 Å². The normalized spacial score (nSPS) is 11.4. The van der Waals surface area contributed by atoms with E-state index < -0.39 is 150 Å². The molecule has 0 aliphatic rings. The van der Waals surface area contributed by atoms with E-state index in [-0.39, 0.29) is 12.3 Å². The first kappa shape index (κ1) is 48.1. The number of halogens is 20. The maximum atomic E-state index is 15.4. The van der Waals surface area contributed by atoms with Gasteiger partial charge in [0.2, 0.25) is 12.3 Å². The maximum Gasteiger partial charge on any atom is 0.337 e. The number of carbonyl (C=O) groups is 2. The van der Waals surface area contributed by atoms with E-state index in [1.165, 1.54) is 7.11 Å². The third kappa shape index (κ3) is 7.65. The number of Topliss-reactive ketones (excluding diaryl/α,β-unsaturated/α-hetero) is 1. The maximum absolute atomic E-state index is 15.4. The molecule has 0 N–H and O–H groups in total. The van der Waals surface area contributed by atoms with Gasteiger partial charge >= 0.3 is 5.97 Å². The van der Waals surface area contributed by atoms with E-state index in [0.29, 0.717) is 11.1 Å². The fourth-order valence-corrected chi connectivity index (χ4v) is 6.61. The van der Waals surface area contributed by atoms with Crippen LogP contribution in [0.3, 0.4) is 0 Å². The van der Waals surface area contributed by atoms with E-state index in [1.807, 2.05) is 30.6 Å². The van der Waals surface area contributed by atoms with Crippen LogP contribution in [0.25, 0.3) is 0 Å². The lowest BCUT2D eigenvalue weighted by Crippen LogP contribution is -2.81. The molecule has 0 amide bonds. The van der Waals surface area contributed by atoms with Crippen LogP contribution in [0.1, 0.15) is 20.7 Å². The molecule has 0 atom stereocenters. The zero-order chi connectivity index (χ0) is 48.0. The second kappa shape index (κ2) is 18.0. The van der Waals surface area contributed by atoms with Crippen molar-refractivity contribution < 1.29 is 107 Å². The molecule has 4 nitrogen and oxygen atoms in total. The summed E-state index contributed by atoms with van der Waals surface area (Å²) in [5, 5.41) is 0. The van der Waals surface area contributed by atoms with Crippen molar-refractivity contribution in [3.05, 3.63) is 182 Å². The van der Waals surface area contributed by atoms with Crippen molar-refractivity contribution in [2.24, 2.45) is 0 Å². The van der Waals surface area contributed by atoms with Gasteiger partial charge in [-0.05, 0) is 12.1 Å². The molecule has 0 unspecified atom stereocenters. The van der Waals surface area contributed by atoms with Crippen LogP contribution in [0.5, 0.6) is 0 Å². The van der Waals surface area contributed by atoms with Gasteiger partial charge in [0.1, 0.15) is 52.7 Å². The number of ether oxygens (including phenoxy) is 1. The molecule has 0 fully saturated rings. The summed E-state index contributed by atoms with van der Waals surface area (Å²) >= 11 is 0. The predicted octanol–water partition coefficient (Wildman–Crippen LogP) is 7.49. The van der Waals surface area contributed by atoms with Gasteiger partial charge < -0.3 is 4.74 Å². The van der Waals surface area contributed by atoms with Crippen LogP contribution in [0.4, 0.5) is 87.8 Å². The number of benzene rings is 5. The number of methoxy groups -OCH3 is 1. The van der Waals surface area contributed by atoms with Crippen LogP contribution in [0, 0.1) is 116 Å². The lowest BCUT2D eigenvalue weighted by molar-refractivity contribution is -0.683. The molecule has 25 heteroatoms. The smallest absolute Gasteiger partial charge is 0.337 e. The van der Waals surface area contributed by atoms with Crippen LogP contribution in [-0.2, 0) is 11.3 Å². The Bertz CT molecular complexity index is 2510. The number of hydrogen-bond donors (Lipinski definition) is 0. The van der Waals surface area contributed by atoms with E-state index >= 15 is 35.1 Å². The molecule has 0 bridgehead atoms. The van der Waals surface area contributed by atoms with Crippen molar-refractivity contribution in [1.29, 1.82) is 0 Å². The highest BCUT2D eigenvalue weighted by Crippen LogP contribution is 2.30. The summed E-state index contributed by atoms with van der Waals surface area (Å²) < 4.78 is 300. The Morgan fingerprint density at radius 3 is 0.953 bits per heavy atom. The van der Waals surface area contributed by atoms with E-state index in [1.54, 1.807) is 28.8 Å². The molecule has 1 aromatic heterocycles. The van der Waals surface area contributed by atoms with Gasteiger partial charge in [-0.25, -0.2) is 92.6 Å². The monoisotopic (exact) mass is 935 g/mol. The number of hydrogen-bond acceptors (Lipinski definition) is 3. The molecule has 1 heterocycles. The van der Waals surface area contributed by atoms with Crippen LogP contribution in [0.15, 0.2) is 54.9 Å². The Morgan fingerprint density at radius 2 is 0.672 bits per heavy atom. The SMILES string of the molecule is COC(=O)c1cccc(C(=O)C[n+]2ccccc2)c1.Fc1c(F)c(F)c([B-](c2c(F)c(F)c(F)c(F)c2F)(c2c(F)c(F)c(F)c(F)c2F)c2c(F)c(F)c(F)c(F)c2F)c(F)c1F. The highest BCUT2D eigenvalue weighted by molar-refractivity contribution is 7.20. The fraction of sp³-hybridized carbons (Fsp3) is 0.0513. The molecule has 0 saturated carbocycles. The van der Waals surface area contributed by atoms with Gasteiger partial charge in [0.15, 0.2) is 82.2 Å². The van der Waals surface area contributed by atoms with Crippen molar-refractivity contribution >= 4 is 39.7 Å². The topological polar surface area (TPSA) is 47.3 Å². The Hall–Kier alpha value is -6.95. The minimum absolute atomic E-state index is 0.0537. The Labute approximate surface area is 342 Å². The van der Waals surface area contributed by atoms with E-state index in [0.717, 1.165) is 0 Å². The van der Waals surface area contributed by atoms with Crippen LogP contribution in [-0.4, -0.2) is 25.0 Å². The predicted molar refractivity (Wildman–Crippen MR) is 178 cm³/mol. The van der Waals surface area contributed by atoms with Crippen molar-refractivity contribution in [3.8, 4) is 0 Å². The number of pyridine rings is 1. The van der Waals surface area contributed by atoms with Gasteiger partial charge in [-0.3, -0.25) is 4.79 Å². The van der Waals surface area contributed by atoms with Crippen LogP contribution >= 0.6 is 0 Å². The van der Waals surface area contributed by atoms with E-state index in [9.17, 15) is 62.3 Å². The van der Waals surface area contributed by atoms with Gasteiger partial charge in [0, 0.05) is 17.7 Å². The first-order chi connectivity index (χ1) is 29.9. The minimum atomic E-state index is -7.22. The Morgan fingerprint density at radius 1 is 0.406 bits per heavy atom. The lowest BCUT2D eigenvalue weighted by Gasteiger charge is -2.44. The summed E-state index contributed by atoms with van der Waals surface area (Å²) in [4.78, 5) is 23.5. The molecular weight excluding hydrogens is 921 g/mol. The molecule has 0 spiro atoms. The number of esters is 1. The molecule has 5 aromatic carbocycles. The van der Waals surface area contributed by atoms with Crippen molar-refractivity contribution in [3.63, 3.8) is 0 Å².